The van der Waals surface area contributed by atoms with Gasteiger partial charge in [-0.25, -0.2) is 4.98 Å². The van der Waals surface area contributed by atoms with Gasteiger partial charge >= 0.3 is 0 Å². The van der Waals surface area contributed by atoms with Crippen molar-refractivity contribution in [2.45, 2.75) is 39.8 Å². The van der Waals surface area contributed by atoms with Crippen LogP contribution in [-0.4, -0.2) is 32.7 Å². The van der Waals surface area contributed by atoms with Crippen LogP contribution in [0.3, 0.4) is 0 Å². The topological polar surface area (TPSA) is 84.3 Å². The highest BCUT2D eigenvalue weighted by atomic mass is 32.1. The highest BCUT2D eigenvalue weighted by molar-refractivity contribution is 7.80. The number of nitrogens with zero attached hydrogens (tertiary/aromatic N) is 4. The van der Waals surface area contributed by atoms with Crippen LogP contribution in [-0.2, 0) is 4.79 Å². The highest BCUT2D eigenvalue weighted by Crippen LogP contribution is 2.45. The maximum absolute atomic E-state index is 11.9. The van der Waals surface area contributed by atoms with E-state index < -0.39 is 0 Å². The summed E-state index contributed by atoms with van der Waals surface area (Å²) in [7, 11) is 1.58. The number of hydrogen-bond donors (Lipinski definition) is 2. The number of thiocarbonyl (C=S) groups is 1. The Balaban J connectivity index is 1.68. The van der Waals surface area contributed by atoms with Gasteiger partial charge in [-0.05, 0) is 92.6 Å². The van der Waals surface area contributed by atoms with Gasteiger partial charge < -0.3 is 24.8 Å². The number of methoxy groups -OCH3 is 1. The summed E-state index contributed by atoms with van der Waals surface area (Å²) < 4.78 is 7.66. The van der Waals surface area contributed by atoms with Gasteiger partial charge in [0.1, 0.15) is 11.6 Å². The fraction of sp³-hybridized carbons (Fsp3) is 0.241. The molecule has 0 radical (unpaired) electrons. The second kappa shape index (κ2) is 10.3. The minimum Gasteiger partial charge on any atom is -0.495 e. The lowest BCUT2D eigenvalue weighted by atomic mass is 9.96. The molecule has 8 nitrogen and oxygen atoms in total. The zero-order chi connectivity index (χ0) is 27.0. The van der Waals surface area contributed by atoms with Crippen LogP contribution in [0, 0.1) is 20.8 Å². The second-order valence-corrected chi connectivity index (χ2v) is 9.80. The number of rotatable bonds is 6. The van der Waals surface area contributed by atoms with Gasteiger partial charge in [0.2, 0.25) is 5.91 Å². The summed E-state index contributed by atoms with van der Waals surface area (Å²) in [6, 6.07) is 17.4. The van der Waals surface area contributed by atoms with E-state index in [-0.39, 0.29) is 18.0 Å². The third kappa shape index (κ3) is 4.61. The van der Waals surface area contributed by atoms with Gasteiger partial charge in [0, 0.05) is 36.4 Å². The first kappa shape index (κ1) is 25.4. The van der Waals surface area contributed by atoms with Gasteiger partial charge in [-0.3, -0.25) is 9.78 Å². The van der Waals surface area contributed by atoms with Crippen molar-refractivity contribution in [2.24, 2.45) is 0 Å². The van der Waals surface area contributed by atoms with E-state index in [0.29, 0.717) is 16.5 Å². The van der Waals surface area contributed by atoms with E-state index in [1.807, 2.05) is 48.7 Å². The zero-order valence-corrected chi connectivity index (χ0v) is 22.8. The summed E-state index contributed by atoms with van der Waals surface area (Å²) in [6.45, 7) is 7.73. The van der Waals surface area contributed by atoms with E-state index in [4.69, 9.17) is 17.0 Å². The van der Waals surface area contributed by atoms with Crippen molar-refractivity contribution in [1.82, 2.24) is 19.9 Å². The second-order valence-electron chi connectivity index (χ2n) is 9.42. The lowest BCUT2D eigenvalue weighted by Gasteiger charge is -2.29. The Morgan fingerprint density at radius 1 is 1.05 bits per heavy atom. The average molecular weight is 527 g/mol. The first-order valence-electron chi connectivity index (χ1n) is 12.4. The molecule has 0 aliphatic carbocycles. The molecule has 194 valence electrons. The van der Waals surface area contributed by atoms with Crippen molar-refractivity contribution in [3.63, 3.8) is 0 Å². The van der Waals surface area contributed by atoms with Crippen molar-refractivity contribution >= 4 is 34.6 Å². The quantitative estimate of drug-likeness (QED) is 0.328. The van der Waals surface area contributed by atoms with Crippen LogP contribution in [0.15, 0.2) is 67.0 Å². The fourth-order valence-corrected chi connectivity index (χ4v) is 5.51. The third-order valence-electron chi connectivity index (χ3n) is 6.79. The van der Waals surface area contributed by atoms with Crippen LogP contribution < -0.4 is 20.3 Å². The van der Waals surface area contributed by atoms with Crippen LogP contribution in [0.1, 0.15) is 47.2 Å². The van der Waals surface area contributed by atoms with Gasteiger partial charge in [-0.1, -0.05) is 6.07 Å². The number of ether oxygens (including phenoxy) is 1. The van der Waals surface area contributed by atoms with Crippen molar-refractivity contribution in [3.05, 3.63) is 95.2 Å². The average Bonchev–Trinajstić information content (AvgIpc) is 3.39. The summed E-state index contributed by atoms with van der Waals surface area (Å²) in [4.78, 5) is 23.3. The zero-order valence-electron chi connectivity index (χ0n) is 22.0. The summed E-state index contributed by atoms with van der Waals surface area (Å²) in [5.74, 6) is 1.27. The summed E-state index contributed by atoms with van der Waals surface area (Å²) in [6.07, 6.45) is 3.63. The predicted molar refractivity (Wildman–Crippen MR) is 153 cm³/mol. The van der Waals surface area contributed by atoms with E-state index >= 15 is 0 Å². The molecule has 5 rings (SSSR count). The standard InChI is InChI=1S/C29H30N6O2S/c1-17-11-13-31-26(14-17)34-18(2)15-22(19(34)3)28-27(23-8-6-7-12-30-23)33-29(38)35(28)21-9-10-25(37-5)24(16-21)32-20(4)36/h6-16,27-28H,1-5H3,(H,32,36)(H,33,38)/t27-,28+/m1/s1. The maximum Gasteiger partial charge on any atom is 0.221 e. The molecule has 0 unspecified atom stereocenters. The normalized spacial score (nSPS) is 16.9. The smallest absolute Gasteiger partial charge is 0.221 e. The van der Waals surface area contributed by atoms with E-state index in [1.165, 1.54) is 6.92 Å². The molecular weight excluding hydrogens is 496 g/mol. The monoisotopic (exact) mass is 526 g/mol. The van der Waals surface area contributed by atoms with Crippen molar-refractivity contribution in [3.8, 4) is 11.6 Å². The predicted octanol–water partition coefficient (Wildman–Crippen LogP) is 5.34. The van der Waals surface area contributed by atoms with E-state index in [1.54, 1.807) is 13.3 Å². The Morgan fingerprint density at radius 2 is 1.87 bits per heavy atom. The molecule has 1 fully saturated rings. The van der Waals surface area contributed by atoms with Gasteiger partial charge in [0.05, 0.1) is 30.6 Å². The molecule has 1 aliphatic heterocycles. The van der Waals surface area contributed by atoms with Crippen LogP contribution in [0.2, 0.25) is 0 Å². The van der Waals surface area contributed by atoms with Gasteiger partial charge in [0.15, 0.2) is 5.11 Å². The van der Waals surface area contributed by atoms with Crippen LogP contribution in [0.5, 0.6) is 5.75 Å². The number of nitrogens with one attached hydrogen (secondary N) is 2. The van der Waals surface area contributed by atoms with Crippen LogP contribution in [0.25, 0.3) is 5.82 Å². The van der Waals surface area contributed by atoms with Gasteiger partial charge in [-0.2, -0.15) is 0 Å². The van der Waals surface area contributed by atoms with E-state index in [0.717, 1.165) is 39.7 Å². The molecule has 0 spiro atoms. The third-order valence-corrected chi connectivity index (χ3v) is 7.10. The molecule has 2 N–H and O–H groups in total. The number of aromatic nitrogens is 3. The number of carbonyl (C=O) groups is 1. The molecule has 1 amide bonds. The molecule has 0 saturated carbocycles. The molecule has 9 heteroatoms. The largest absolute Gasteiger partial charge is 0.495 e. The number of anilines is 2. The molecule has 2 atom stereocenters. The SMILES string of the molecule is COc1ccc(N2C(=S)N[C@H](c3ccccn3)[C@@H]2c2cc(C)n(-c3cc(C)ccn3)c2C)cc1NC(C)=O. The summed E-state index contributed by atoms with van der Waals surface area (Å²) >= 11 is 5.91. The van der Waals surface area contributed by atoms with E-state index in [2.05, 4.69) is 63.0 Å². The highest BCUT2D eigenvalue weighted by Gasteiger charge is 2.42. The number of benzene rings is 1. The molecule has 1 aliphatic rings. The molecule has 1 saturated heterocycles. The molecule has 1 aromatic carbocycles. The number of amides is 1. The Morgan fingerprint density at radius 3 is 2.55 bits per heavy atom. The summed E-state index contributed by atoms with van der Waals surface area (Å²) in [5, 5.41) is 6.96. The Bertz CT molecular complexity index is 1520. The Labute approximate surface area is 227 Å². The number of aryl methyl sites for hydroxylation is 2. The molecule has 4 heterocycles. The lowest BCUT2D eigenvalue weighted by molar-refractivity contribution is -0.114. The summed E-state index contributed by atoms with van der Waals surface area (Å²) in [5.41, 5.74) is 6.68. The van der Waals surface area contributed by atoms with Crippen LogP contribution >= 0.6 is 12.2 Å². The molecule has 3 aromatic heterocycles. The van der Waals surface area contributed by atoms with Gasteiger partial charge in [0.25, 0.3) is 0 Å². The molecule has 0 bridgehead atoms. The molecule has 4 aromatic rings. The van der Waals surface area contributed by atoms with Crippen molar-refractivity contribution in [1.29, 1.82) is 0 Å². The van der Waals surface area contributed by atoms with Crippen molar-refractivity contribution < 1.29 is 9.53 Å². The minimum absolute atomic E-state index is 0.181. The van der Waals surface area contributed by atoms with Gasteiger partial charge in [-0.15, -0.1) is 0 Å². The maximum atomic E-state index is 11.9. The van der Waals surface area contributed by atoms with E-state index in [9.17, 15) is 4.79 Å². The first-order valence-corrected chi connectivity index (χ1v) is 12.8. The Hall–Kier alpha value is -4.24. The number of hydrogen-bond acceptors (Lipinski definition) is 5. The molecule has 38 heavy (non-hydrogen) atoms. The first-order chi connectivity index (χ1) is 18.3. The lowest BCUT2D eigenvalue weighted by Crippen LogP contribution is -2.29. The minimum atomic E-state index is -0.208. The number of carbonyl (C=O) groups excluding carboxylic acids is 1. The number of pyridine rings is 2. The fourth-order valence-electron chi connectivity index (χ4n) is 5.16. The van der Waals surface area contributed by atoms with Crippen LogP contribution in [0.4, 0.5) is 11.4 Å². The molecular formula is C29H30N6O2S. The Kier molecular flexibility index (Phi) is 6.86. The van der Waals surface area contributed by atoms with Crippen molar-refractivity contribution in [2.75, 3.05) is 17.3 Å².